The first kappa shape index (κ1) is 19.8. The van der Waals surface area contributed by atoms with Gasteiger partial charge in [-0.15, -0.1) is 11.3 Å². The van der Waals surface area contributed by atoms with Crippen LogP contribution in [0, 0.1) is 0 Å². The number of carbonyl (C=O) groups excluding carboxylic acids is 1. The number of thiophene rings is 1. The molecular formula is C20H21N3O4S. The van der Waals surface area contributed by atoms with Crippen molar-refractivity contribution >= 4 is 23.2 Å². The fourth-order valence-corrected chi connectivity index (χ4v) is 3.48. The molecule has 0 aliphatic carbocycles. The van der Waals surface area contributed by atoms with E-state index in [1.54, 1.807) is 0 Å². The predicted octanol–water partition coefficient (Wildman–Crippen LogP) is 3.28. The molecule has 28 heavy (non-hydrogen) atoms. The first-order valence-corrected chi connectivity index (χ1v) is 9.81. The smallest absolute Gasteiger partial charge is 0.326 e. The quantitative estimate of drug-likeness (QED) is 0.593. The number of aryl methyl sites for hydroxylation is 1. The van der Waals surface area contributed by atoms with Gasteiger partial charge in [-0.3, -0.25) is 4.79 Å². The Hall–Kier alpha value is -3.00. The highest BCUT2D eigenvalue weighted by atomic mass is 32.1. The minimum absolute atomic E-state index is 0.214. The molecular weight excluding hydrogens is 378 g/mol. The average Bonchev–Trinajstić information content (AvgIpc) is 3.37. The second-order valence-corrected chi connectivity index (χ2v) is 7.34. The zero-order valence-corrected chi connectivity index (χ0v) is 16.3. The van der Waals surface area contributed by atoms with E-state index >= 15 is 0 Å². The summed E-state index contributed by atoms with van der Waals surface area (Å²) in [6.07, 6.45) is 1.46. The van der Waals surface area contributed by atoms with Gasteiger partial charge in [0.1, 0.15) is 6.04 Å². The Balaban J connectivity index is 1.52. The molecule has 0 aliphatic heterocycles. The van der Waals surface area contributed by atoms with Crippen molar-refractivity contribution in [2.75, 3.05) is 7.05 Å². The molecule has 8 heteroatoms. The van der Waals surface area contributed by atoms with Crippen molar-refractivity contribution in [3.63, 3.8) is 0 Å². The zero-order chi connectivity index (χ0) is 19.9. The molecule has 1 atom stereocenters. The normalized spacial score (nSPS) is 11.9. The summed E-state index contributed by atoms with van der Waals surface area (Å²) in [5, 5.41) is 15.4. The van der Waals surface area contributed by atoms with Gasteiger partial charge in [-0.2, -0.15) is 4.98 Å². The molecule has 1 amide bonds. The summed E-state index contributed by atoms with van der Waals surface area (Å²) < 4.78 is 5.22. The number of carbonyl (C=O) groups is 2. The van der Waals surface area contributed by atoms with E-state index in [9.17, 15) is 14.7 Å². The van der Waals surface area contributed by atoms with Crippen LogP contribution >= 0.6 is 11.3 Å². The highest BCUT2D eigenvalue weighted by molar-refractivity contribution is 7.13. The number of nitrogens with zero attached hydrogens (tertiary/aromatic N) is 3. The van der Waals surface area contributed by atoms with Gasteiger partial charge in [0, 0.05) is 26.3 Å². The summed E-state index contributed by atoms with van der Waals surface area (Å²) in [5.41, 5.74) is 0.876. The molecule has 0 bridgehead atoms. The third kappa shape index (κ3) is 5.04. The van der Waals surface area contributed by atoms with Crippen molar-refractivity contribution in [2.24, 2.45) is 0 Å². The molecule has 0 fully saturated rings. The molecule has 3 aromatic rings. The fourth-order valence-electron chi connectivity index (χ4n) is 2.83. The Morgan fingerprint density at radius 3 is 2.68 bits per heavy atom. The lowest BCUT2D eigenvalue weighted by molar-refractivity contribution is -0.149. The summed E-state index contributed by atoms with van der Waals surface area (Å²) in [6.45, 7) is 0. The van der Waals surface area contributed by atoms with E-state index in [1.807, 2.05) is 47.8 Å². The zero-order valence-electron chi connectivity index (χ0n) is 15.4. The first-order valence-electron chi connectivity index (χ1n) is 8.93. The highest BCUT2D eigenvalue weighted by Gasteiger charge is 2.26. The molecule has 146 valence electrons. The summed E-state index contributed by atoms with van der Waals surface area (Å²) >= 11 is 1.53. The maximum atomic E-state index is 12.5. The van der Waals surface area contributed by atoms with Gasteiger partial charge in [-0.1, -0.05) is 41.6 Å². The van der Waals surface area contributed by atoms with E-state index in [4.69, 9.17) is 4.52 Å². The minimum Gasteiger partial charge on any atom is -0.480 e. The van der Waals surface area contributed by atoms with Crippen LogP contribution in [0.25, 0.3) is 10.7 Å². The number of hydrogen-bond acceptors (Lipinski definition) is 6. The molecule has 1 unspecified atom stereocenters. The van der Waals surface area contributed by atoms with Crippen molar-refractivity contribution in [2.45, 2.75) is 31.7 Å². The highest BCUT2D eigenvalue weighted by Crippen LogP contribution is 2.21. The number of likely N-dealkylation sites (N-methyl/N-ethyl adjacent to an activating group) is 1. The molecule has 0 saturated heterocycles. The van der Waals surface area contributed by atoms with Gasteiger partial charge in [0.15, 0.2) is 0 Å². The Labute approximate surface area is 166 Å². The van der Waals surface area contributed by atoms with Gasteiger partial charge in [0.2, 0.25) is 17.6 Å². The Morgan fingerprint density at radius 1 is 1.21 bits per heavy atom. The lowest BCUT2D eigenvalue weighted by Gasteiger charge is -2.25. The van der Waals surface area contributed by atoms with E-state index in [0.717, 1.165) is 10.4 Å². The Bertz CT molecular complexity index is 909. The standard InChI is InChI=1S/C20H21N3O4S/c1-23(15(20(25)26)13-14-7-3-2-4-8-14)18(24)11-5-10-17-21-19(22-27-17)16-9-6-12-28-16/h2-4,6-9,12,15H,5,10-11,13H2,1H3,(H,25,26). The second kappa shape index (κ2) is 9.27. The van der Waals surface area contributed by atoms with Crippen LogP contribution in [0.15, 0.2) is 52.4 Å². The molecule has 0 radical (unpaired) electrons. The molecule has 1 aromatic carbocycles. The van der Waals surface area contributed by atoms with E-state index in [0.29, 0.717) is 24.6 Å². The van der Waals surface area contributed by atoms with Gasteiger partial charge in [0.05, 0.1) is 4.88 Å². The fraction of sp³-hybridized carbons (Fsp3) is 0.300. The number of amides is 1. The number of benzene rings is 1. The lowest BCUT2D eigenvalue weighted by atomic mass is 10.0. The van der Waals surface area contributed by atoms with Crippen molar-refractivity contribution in [3.8, 4) is 10.7 Å². The van der Waals surface area contributed by atoms with Gasteiger partial charge in [0.25, 0.3) is 0 Å². The van der Waals surface area contributed by atoms with Crippen molar-refractivity contribution in [3.05, 3.63) is 59.3 Å². The first-order chi connectivity index (χ1) is 13.5. The van der Waals surface area contributed by atoms with Gasteiger partial charge < -0.3 is 14.5 Å². The maximum Gasteiger partial charge on any atom is 0.326 e. The number of aliphatic carboxylic acids is 1. The monoisotopic (exact) mass is 399 g/mol. The van der Waals surface area contributed by atoms with Crippen LogP contribution in [0.4, 0.5) is 0 Å². The van der Waals surface area contributed by atoms with Crippen molar-refractivity contribution in [1.82, 2.24) is 15.0 Å². The molecule has 2 aromatic heterocycles. The largest absolute Gasteiger partial charge is 0.480 e. The summed E-state index contributed by atoms with van der Waals surface area (Å²) in [5.74, 6) is -0.223. The van der Waals surface area contributed by atoms with Crippen LogP contribution in [0.3, 0.4) is 0 Å². The van der Waals surface area contributed by atoms with Gasteiger partial charge >= 0.3 is 5.97 Å². The molecule has 7 nitrogen and oxygen atoms in total. The Morgan fingerprint density at radius 2 is 2.00 bits per heavy atom. The number of rotatable bonds is 9. The minimum atomic E-state index is -1.02. The van der Waals surface area contributed by atoms with E-state index in [2.05, 4.69) is 10.1 Å². The lowest BCUT2D eigenvalue weighted by Crippen LogP contribution is -2.43. The number of carboxylic acids is 1. The summed E-state index contributed by atoms with van der Waals surface area (Å²) in [6, 6.07) is 12.2. The van der Waals surface area contributed by atoms with Crippen LogP contribution in [0.5, 0.6) is 0 Å². The van der Waals surface area contributed by atoms with Crippen LogP contribution in [-0.4, -0.2) is 45.1 Å². The predicted molar refractivity (Wildman–Crippen MR) is 105 cm³/mol. The molecule has 2 heterocycles. The van der Waals surface area contributed by atoms with Gasteiger partial charge in [-0.25, -0.2) is 4.79 Å². The second-order valence-electron chi connectivity index (χ2n) is 6.39. The van der Waals surface area contributed by atoms with Gasteiger partial charge in [-0.05, 0) is 23.4 Å². The van der Waals surface area contributed by atoms with Crippen molar-refractivity contribution < 1.29 is 19.2 Å². The average molecular weight is 399 g/mol. The van der Waals surface area contributed by atoms with Crippen LogP contribution in [0.1, 0.15) is 24.3 Å². The molecule has 0 saturated carbocycles. The third-order valence-electron chi connectivity index (χ3n) is 4.41. The van der Waals surface area contributed by atoms with E-state index in [-0.39, 0.29) is 18.7 Å². The molecule has 0 spiro atoms. The van der Waals surface area contributed by atoms with Crippen molar-refractivity contribution in [1.29, 1.82) is 0 Å². The van der Waals surface area contributed by atoms with Crippen LogP contribution in [-0.2, 0) is 22.4 Å². The number of hydrogen-bond donors (Lipinski definition) is 1. The molecule has 3 rings (SSSR count). The SMILES string of the molecule is CN(C(=O)CCCc1nc(-c2cccs2)no1)C(Cc1ccccc1)C(=O)O. The number of aromatic nitrogens is 2. The maximum absolute atomic E-state index is 12.5. The van der Waals surface area contributed by atoms with Crippen LogP contribution < -0.4 is 0 Å². The summed E-state index contributed by atoms with van der Waals surface area (Å²) in [7, 11) is 1.53. The Kier molecular flexibility index (Phi) is 6.54. The number of carboxylic acid groups (broad SMARTS) is 1. The van der Waals surface area contributed by atoms with E-state index in [1.165, 1.54) is 23.3 Å². The molecule has 0 aliphatic rings. The van der Waals surface area contributed by atoms with Crippen LogP contribution in [0.2, 0.25) is 0 Å². The topological polar surface area (TPSA) is 96.5 Å². The molecule has 1 N–H and O–H groups in total. The van der Waals surface area contributed by atoms with E-state index < -0.39 is 12.0 Å². The third-order valence-corrected chi connectivity index (χ3v) is 5.27. The summed E-state index contributed by atoms with van der Waals surface area (Å²) in [4.78, 5) is 30.7.